The fourth-order valence-corrected chi connectivity index (χ4v) is 2.36. The molecule has 0 aliphatic rings. The molecule has 0 saturated heterocycles. The topological polar surface area (TPSA) is 62.5 Å². The summed E-state index contributed by atoms with van der Waals surface area (Å²) in [7, 11) is 1.61. The molecule has 1 heterocycles. The molecule has 1 aromatic heterocycles. The molecule has 0 spiro atoms. The molecule has 2 aromatic carbocycles. The van der Waals surface area contributed by atoms with Crippen molar-refractivity contribution in [2.45, 2.75) is 0 Å². The van der Waals surface area contributed by atoms with Gasteiger partial charge in [0.25, 0.3) is 5.56 Å². The smallest absolute Gasteiger partial charge is 0.258 e. The number of phenolic OH excluding ortho intramolecular Hbond substituents is 2. The minimum atomic E-state index is -0.741. The molecule has 0 amide bonds. The lowest BCUT2D eigenvalue weighted by Gasteiger charge is -2.10. The van der Waals surface area contributed by atoms with Crippen LogP contribution >= 0.6 is 0 Å². The maximum atomic E-state index is 13.6. The van der Waals surface area contributed by atoms with Gasteiger partial charge in [-0.15, -0.1) is 0 Å². The van der Waals surface area contributed by atoms with E-state index in [1.54, 1.807) is 19.3 Å². The third-order valence-electron chi connectivity index (χ3n) is 3.43. The van der Waals surface area contributed by atoms with E-state index in [1.165, 1.54) is 34.9 Å². The van der Waals surface area contributed by atoms with E-state index >= 15 is 0 Å². The van der Waals surface area contributed by atoms with Crippen molar-refractivity contribution in [1.82, 2.24) is 4.57 Å². The van der Waals surface area contributed by atoms with Gasteiger partial charge < -0.3 is 14.8 Å². The number of aryl methyl sites for hydroxylation is 1. The highest BCUT2D eigenvalue weighted by Gasteiger charge is 2.11. The standard InChI is InChI=1S/C16H12FNO3/c1-18-8-13(9-2-5-15(20)14(17)6-9)12-7-10(19)3-4-11(12)16(18)21/h2-8,19-20H,1H3. The lowest BCUT2D eigenvalue weighted by Crippen LogP contribution is -2.16. The molecule has 0 aliphatic carbocycles. The first-order valence-corrected chi connectivity index (χ1v) is 6.28. The number of phenols is 2. The van der Waals surface area contributed by atoms with E-state index in [0.717, 1.165) is 0 Å². The van der Waals surface area contributed by atoms with Gasteiger partial charge in [-0.05, 0) is 35.9 Å². The van der Waals surface area contributed by atoms with Crippen LogP contribution in [0.5, 0.6) is 11.5 Å². The van der Waals surface area contributed by atoms with Crippen molar-refractivity contribution in [2.75, 3.05) is 0 Å². The summed E-state index contributed by atoms with van der Waals surface area (Å²) < 4.78 is 15.0. The highest BCUT2D eigenvalue weighted by molar-refractivity contribution is 5.96. The van der Waals surface area contributed by atoms with Crippen LogP contribution in [0, 0.1) is 5.82 Å². The monoisotopic (exact) mass is 285 g/mol. The molecule has 0 unspecified atom stereocenters. The zero-order valence-electron chi connectivity index (χ0n) is 11.2. The van der Waals surface area contributed by atoms with Crippen LogP contribution in [0.3, 0.4) is 0 Å². The van der Waals surface area contributed by atoms with E-state index in [0.29, 0.717) is 21.9 Å². The molecule has 0 bridgehead atoms. The van der Waals surface area contributed by atoms with Gasteiger partial charge >= 0.3 is 0 Å². The summed E-state index contributed by atoms with van der Waals surface area (Å²) in [5, 5.41) is 19.9. The fourth-order valence-electron chi connectivity index (χ4n) is 2.36. The van der Waals surface area contributed by atoms with E-state index in [4.69, 9.17) is 0 Å². The Bertz CT molecular complexity index is 915. The second kappa shape index (κ2) is 4.63. The SMILES string of the molecule is Cn1cc(-c2ccc(O)c(F)c2)c2cc(O)ccc2c1=O. The van der Waals surface area contributed by atoms with Crippen molar-refractivity contribution in [3.8, 4) is 22.6 Å². The number of fused-ring (bicyclic) bond motifs is 1. The van der Waals surface area contributed by atoms with E-state index in [-0.39, 0.29) is 11.3 Å². The van der Waals surface area contributed by atoms with Gasteiger partial charge in [-0.2, -0.15) is 0 Å². The van der Waals surface area contributed by atoms with Crippen molar-refractivity contribution in [2.24, 2.45) is 7.05 Å². The number of rotatable bonds is 1. The van der Waals surface area contributed by atoms with Crippen molar-refractivity contribution in [3.63, 3.8) is 0 Å². The minimum Gasteiger partial charge on any atom is -0.508 e. The zero-order valence-corrected chi connectivity index (χ0v) is 11.2. The largest absolute Gasteiger partial charge is 0.508 e. The van der Waals surface area contributed by atoms with Crippen LogP contribution in [0.2, 0.25) is 0 Å². The van der Waals surface area contributed by atoms with Gasteiger partial charge in [-0.3, -0.25) is 4.79 Å². The first-order chi connectivity index (χ1) is 9.97. The number of hydrogen-bond acceptors (Lipinski definition) is 3. The first kappa shape index (κ1) is 13.2. The van der Waals surface area contributed by atoms with Gasteiger partial charge in [0, 0.05) is 29.6 Å². The molecule has 21 heavy (non-hydrogen) atoms. The van der Waals surface area contributed by atoms with E-state index in [2.05, 4.69) is 0 Å². The molecule has 0 saturated carbocycles. The molecular formula is C16H12FNO3. The van der Waals surface area contributed by atoms with Gasteiger partial charge in [0.2, 0.25) is 0 Å². The van der Waals surface area contributed by atoms with Crippen LogP contribution in [-0.4, -0.2) is 14.8 Å². The normalized spacial score (nSPS) is 11.0. The second-order valence-corrected chi connectivity index (χ2v) is 4.85. The first-order valence-electron chi connectivity index (χ1n) is 6.28. The number of benzene rings is 2. The van der Waals surface area contributed by atoms with E-state index in [9.17, 15) is 19.4 Å². The number of pyridine rings is 1. The number of hydrogen-bond donors (Lipinski definition) is 2. The Morgan fingerprint density at radius 3 is 2.52 bits per heavy atom. The highest BCUT2D eigenvalue weighted by atomic mass is 19.1. The average molecular weight is 285 g/mol. The molecule has 5 heteroatoms. The minimum absolute atomic E-state index is 0.0243. The Morgan fingerprint density at radius 1 is 1.05 bits per heavy atom. The van der Waals surface area contributed by atoms with Crippen molar-refractivity contribution >= 4 is 10.8 Å². The Morgan fingerprint density at radius 2 is 1.81 bits per heavy atom. The summed E-state index contributed by atoms with van der Waals surface area (Å²) in [4.78, 5) is 12.1. The van der Waals surface area contributed by atoms with E-state index in [1.807, 2.05) is 0 Å². The highest BCUT2D eigenvalue weighted by Crippen LogP contribution is 2.31. The molecular weight excluding hydrogens is 273 g/mol. The Labute approximate surface area is 119 Å². The van der Waals surface area contributed by atoms with Gasteiger partial charge in [-0.1, -0.05) is 6.07 Å². The third-order valence-corrected chi connectivity index (χ3v) is 3.43. The van der Waals surface area contributed by atoms with Gasteiger partial charge in [0.15, 0.2) is 11.6 Å². The Kier molecular flexibility index (Phi) is 2.90. The van der Waals surface area contributed by atoms with Gasteiger partial charge in [0.1, 0.15) is 5.75 Å². The van der Waals surface area contributed by atoms with Crippen LogP contribution < -0.4 is 5.56 Å². The average Bonchev–Trinajstić information content (AvgIpc) is 2.46. The number of halogens is 1. The van der Waals surface area contributed by atoms with Crippen molar-refractivity contribution < 1.29 is 14.6 Å². The fraction of sp³-hybridized carbons (Fsp3) is 0.0625. The Hall–Kier alpha value is -2.82. The summed E-state index contributed by atoms with van der Waals surface area (Å²) in [6.45, 7) is 0. The molecule has 2 N–H and O–H groups in total. The second-order valence-electron chi connectivity index (χ2n) is 4.85. The van der Waals surface area contributed by atoms with E-state index < -0.39 is 11.6 Å². The van der Waals surface area contributed by atoms with Crippen LogP contribution in [0.1, 0.15) is 0 Å². The number of aromatic hydroxyl groups is 2. The van der Waals surface area contributed by atoms with Crippen LogP contribution in [0.25, 0.3) is 21.9 Å². The summed E-state index contributed by atoms with van der Waals surface area (Å²) in [5.41, 5.74) is 0.909. The van der Waals surface area contributed by atoms with Crippen molar-refractivity contribution in [1.29, 1.82) is 0 Å². The molecule has 4 nitrogen and oxygen atoms in total. The summed E-state index contributed by atoms with van der Waals surface area (Å²) >= 11 is 0. The molecule has 0 aliphatic heterocycles. The number of aromatic nitrogens is 1. The molecule has 0 atom stereocenters. The quantitative estimate of drug-likeness (QED) is 0.722. The summed E-state index contributed by atoms with van der Waals surface area (Å²) in [6, 6.07) is 8.44. The third kappa shape index (κ3) is 2.12. The van der Waals surface area contributed by atoms with Gasteiger partial charge in [0.05, 0.1) is 0 Å². The molecule has 106 valence electrons. The molecule has 0 fully saturated rings. The lowest BCUT2D eigenvalue weighted by molar-refractivity contribution is 0.432. The van der Waals surface area contributed by atoms with Crippen molar-refractivity contribution in [3.05, 3.63) is 58.8 Å². The number of nitrogens with zero attached hydrogens (tertiary/aromatic N) is 1. The maximum absolute atomic E-state index is 13.6. The van der Waals surface area contributed by atoms with Crippen LogP contribution in [0.4, 0.5) is 4.39 Å². The predicted octanol–water partition coefficient (Wildman–Crippen LogP) is 2.76. The lowest BCUT2D eigenvalue weighted by atomic mass is 10.00. The summed E-state index contributed by atoms with van der Waals surface area (Å²) in [5.74, 6) is -1.15. The van der Waals surface area contributed by atoms with Crippen LogP contribution in [0.15, 0.2) is 47.4 Å². The molecule has 3 rings (SSSR count). The maximum Gasteiger partial charge on any atom is 0.258 e. The molecule has 3 aromatic rings. The van der Waals surface area contributed by atoms with Gasteiger partial charge in [-0.25, -0.2) is 4.39 Å². The zero-order chi connectivity index (χ0) is 15.1. The van der Waals surface area contributed by atoms with Crippen LogP contribution in [-0.2, 0) is 7.05 Å². The summed E-state index contributed by atoms with van der Waals surface area (Å²) in [6.07, 6.45) is 1.58. The Balaban J connectivity index is 2.41. The predicted molar refractivity (Wildman–Crippen MR) is 77.9 cm³/mol. The molecule has 0 radical (unpaired) electrons.